The molecule has 1 aromatic heterocycles. The highest BCUT2D eigenvalue weighted by Gasteiger charge is 2.35. The Bertz CT molecular complexity index is 656. The highest BCUT2D eigenvalue weighted by Crippen LogP contribution is 2.21. The summed E-state index contributed by atoms with van der Waals surface area (Å²) in [6.45, 7) is 6.33. The van der Waals surface area contributed by atoms with E-state index in [-0.39, 0.29) is 6.10 Å². The summed E-state index contributed by atoms with van der Waals surface area (Å²) in [4.78, 5) is 8.55. The second-order valence-corrected chi connectivity index (χ2v) is 8.12. The van der Waals surface area contributed by atoms with Crippen molar-refractivity contribution in [3.8, 4) is 6.01 Å². The molecule has 1 aromatic rings. The molecule has 0 radical (unpaired) electrons. The number of morpholine rings is 1. The molecule has 0 spiro atoms. The van der Waals surface area contributed by atoms with Gasteiger partial charge in [-0.05, 0) is 32.8 Å². The van der Waals surface area contributed by atoms with Gasteiger partial charge >= 0.3 is 6.01 Å². The van der Waals surface area contributed by atoms with Gasteiger partial charge in [-0.3, -0.25) is 0 Å². The van der Waals surface area contributed by atoms with Crippen LogP contribution in [0.5, 0.6) is 6.01 Å². The molecule has 0 amide bonds. The van der Waals surface area contributed by atoms with Crippen molar-refractivity contribution in [2.24, 2.45) is 0 Å². The van der Waals surface area contributed by atoms with Crippen LogP contribution >= 0.6 is 0 Å². The van der Waals surface area contributed by atoms with Crippen molar-refractivity contribution in [3.05, 3.63) is 17.5 Å². The molecular weight excluding hydrogens is 332 g/mol. The first-order chi connectivity index (χ1) is 11.4. The molecule has 0 aromatic carbocycles. The summed E-state index contributed by atoms with van der Waals surface area (Å²) in [5, 5.41) is 0. The minimum atomic E-state index is -3.46. The minimum Gasteiger partial charge on any atom is -0.459 e. The largest absolute Gasteiger partial charge is 0.459 e. The predicted octanol–water partition coefficient (Wildman–Crippen LogP) is 0.514. The molecule has 2 aliphatic rings. The van der Waals surface area contributed by atoms with Crippen molar-refractivity contribution in [2.75, 3.05) is 39.4 Å². The molecule has 0 bridgehead atoms. The van der Waals surface area contributed by atoms with Gasteiger partial charge in [0.1, 0.15) is 6.10 Å². The van der Waals surface area contributed by atoms with Crippen LogP contribution in [-0.2, 0) is 14.9 Å². The topological polar surface area (TPSA) is 84.9 Å². The van der Waals surface area contributed by atoms with Gasteiger partial charge in [0.2, 0.25) is 0 Å². The van der Waals surface area contributed by atoms with E-state index in [1.165, 1.54) is 8.61 Å². The molecule has 24 heavy (non-hydrogen) atoms. The summed E-state index contributed by atoms with van der Waals surface area (Å²) < 4.78 is 39.6. The average Bonchev–Trinajstić information content (AvgIpc) is 2.55. The molecule has 0 aliphatic carbocycles. The summed E-state index contributed by atoms with van der Waals surface area (Å²) in [5.41, 5.74) is 1.68. The van der Waals surface area contributed by atoms with Crippen molar-refractivity contribution in [3.63, 3.8) is 0 Å². The Balaban J connectivity index is 1.67. The molecule has 2 aliphatic heterocycles. The maximum absolute atomic E-state index is 12.8. The van der Waals surface area contributed by atoms with Gasteiger partial charge in [0.15, 0.2) is 0 Å². The Morgan fingerprint density at radius 3 is 2.46 bits per heavy atom. The summed E-state index contributed by atoms with van der Waals surface area (Å²) in [6, 6.07) is 2.20. The lowest BCUT2D eigenvalue weighted by Crippen LogP contribution is -2.53. The van der Waals surface area contributed by atoms with Gasteiger partial charge in [-0.25, -0.2) is 9.97 Å². The molecule has 3 heterocycles. The second-order valence-electron chi connectivity index (χ2n) is 6.19. The Kier molecular flexibility index (Phi) is 5.33. The van der Waals surface area contributed by atoms with E-state index in [0.29, 0.717) is 45.4 Å². The third kappa shape index (κ3) is 4.02. The zero-order chi connectivity index (χ0) is 17.2. The molecule has 1 atom stereocenters. The monoisotopic (exact) mass is 356 g/mol. The van der Waals surface area contributed by atoms with Crippen LogP contribution in [0.4, 0.5) is 0 Å². The van der Waals surface area contributed by atoms with Crippen LogP contribution in [0.15, 0.2) is 6.07 Å². The van der Waals surface area contributed by atoms with E-state index in [0.717, 1.165) is 24.2 Å². The van der Waals surface area contributed by atoms with Gasteiger partial charge in [-0.2, -0.15) is 17.0 Å². The van der Waals surface area contributed by atoms with Crippen LogP contribution in [0.2, 0.25) is 0 Å². The lowest BCUT2D eigenvalue weighted by Gasteiger charge is -2.36. The average molecular weight is 356 g/mol. The summed E-state index contributed by atoms with van der Waals surface area (Å²) in [6.07, 6.45) is 1.33. The molecule has 2 fully saturated rings. The lowest BCUT2D eigenvalue weighted by atomic mass is 10.1. The highest BCUT2D eigenvalue weighted by molar-refractivity contribution is 7.86. The van der Waals surface area contributed by atoms with Crippen LogP contribution < -0.4 is 4.74 Å². The van der Waals surface area contributed by atoms with Crippen LogP contribution in [0.1, 0.15) is 24.2 Å². The van der Waals surface area contributed by atoms with Gasteiger partial charge in [0.05, 0.1) is 19.8 Å². The number of rotatable bonds is 4. The smallest absolute Gasteiger partial charge is 0.317 e. The standard InChI is InChI=1S/C15H24N4O4S/c1-12-10-13(2)17-15(16-12)23-14-4-3-5-19(11-14)24(20,21)18-6-8-22-9-7-18/h10,14H,3-9,11H2,1-2H3. The van der Waals surface area contributed by atoms with Crippen molar-refractivity contribution < 1.29 is 17.9 Å². The van der Waals surface area contributed by atoms with Gasteiger partial charge in [0.25, 0.3) is 10.2 Å². The summed E-state index contributed by atoms with van der Waals surface area (Å²) in [5.74, 6) is 0. The minimum absolute atomic E-state index is 0.226. The number of aryl methyl sites for hydroxylation is 2. The number of piperidine rings is 1. The van der Waals surface area contributed by atoms with Crippen molar-refractivity contribution in [1.29, 1.82) is 0 Å². The highest BCUT2D eigenvalue weighted by atomic mass is 32.2. The van der Waals surface area contributed by atoms with E-state index >= 15 is 0 Å². The first kappa shape index (κ1) is 17.5. The van der Waals surface area contributed by atoms with E-state index in [2.05, 4.69) is 9.97 Å². The van der Waals surface area contributed by atoms with Gasteiger partial charge < -0.3 is 9.47 Å². The molecule has 9 heteroatoms. The van der Waals surface area contributed by atoms with E-state index in [9.17, 15) is 8.42 Å². The van der Waals surface area contributed by atoms with Crippen molar-refractivity contribution in [2.45, 2.75) is 32.8 Å². The van der Waals surface area contributed by atoms with Gasteiger partial charge in [-0.15, -0.1) is 0 Å². The molecule has 8 nitrogen and oxygen atoms in total. The van der Waals surface area contributed by atoms with Crippen LogP contribution in [-0.4, -0.2) is 72.5 Å². The first-order valence-corrected chi connectivity index (χ1v) is 9.67. The second kappa shape index (κ2) is 7.30. The summed E-state index contributed by atoms with van der Waals surface area (Å²) >= 11 is 0. The fraction of sp³-hybridized carbons (Fsp3) is 0.733. The fourth-order valence-electron chi connectivity index (χ4n) is 3.05. The molecule has 0 N–H and O–H groups in total. The molecule has 1 unspecified atom stereocenters. The normalized spacial score (nSPS) is 24.0. The predicted molar refractivity (Wildman–Crippen MR) is 88.0 cm³/mol. The van der Waals surface area contributed by atoms with E-state index < -0.39 is 10.2 Å². The Morgan fingerprint density at radius 1 is 1.12 bits per heavy atom. The number of nitrogens with zero attached hydrogens (tertiary/aromatic N) is 4. The van der Waals surface area contributed by atoms with Crippen molar-refractivity contribution in [1.82, 2.24) is 18.6 Å². The van der Waals surface area contributed by atoms with Gasteiger partial charge in [0, 0.05) is 31.0 Å². The Hall–Kier alpha value is -1.29. The lowest BCUT2D eigenvalue weighted by molar-refractivity contribution is 0.0660. The number of aromatic nitrogens is 2. The summed E-state index contributed by atoms with van der Waals surface area (Å²) in [7, 11) is -3.46. The maximum atomic E-state index is 12.8. The van der Waals surface area contributed by atoms with Crippen molar-refractivity contribution >= 4 is 10.2 Å². The fourth-order valence-corrected chi connectivity index (χ4v) is 4.70. The number of ether oxygens (including phenoxy) is 2. The molecule has 0 saturated carbocycles. The number of hydrogen-bond donors (Lipinski definition) is 0. The molecule has 2 saturated heterocycles. The zero-order valence-electron chi connectivity index (χ0n) is 14.1. The third-order valence-electron chi connectivity index (χ3n) is 4.20. The Labute approximate surface area is 143 Å². The van der Waals surface area contributed by atoms with E-state index in [1.807, 2.05) is 19.9 Å². The zero-order valence-corrected chi connectivity index (χ0v) is 15.0. The van der Waals surface area contributed by atoms with Crippen LogP contribution in [0.25, 0.3) is 0 Å². The van der Waals surface area contributed by atoms with E-state index in [1.54, 1.807) is 0 Å². The first-order valence-electron chi connectivity index (χ1n) is 8.27. The van der Waals surface area contributed by atoms with Crippen LogP contribution in [0, 0.1) is 13.8 Å². The quantitative estimate of drug-likeness (QED) is 0.782. The Morgan fingerprint density at radius 2 is 1.79 bits per heavy atom. The maximum Gasteiger partial charge on any atom is 0.317 e. The molecule has 134 valence electrons. The molecular formula is C15H24N4O4S. The van der Waals surface area contributed by atoms with E-state index in [4.69, 9.17) is 9.47 Å². The van der Waals surface area contributed by atoms with Gasteiger partial charge in [-0.1, -0.05) is 0 Å². The molecule has 3 rings (SSSR count). The van der Waals surface area contributed by atoms with Crippen LogP contribution in [0.3, 0.4) is 0 Å². The SMILES string of the molecule is Cc1cc(C)nc(OC2CCCN(S(=O)(=O)N3CCOCC3)C2)n1. The number of hydrogen-bond acceptors (Lipinski definition) is 6. The third-order valence-corrected chi connectivity index (χ3v) is 6.20.